The van der Waals surface area contributed by atoms with Gasteiger partial charge in [0.05, 0.1) is 0 Å². The third kappa shape index (κ3) is 3.95. The van der Waals surface area contributed by atoms with Crippen molar-refractivity contribution in [1.82, 2.24) is 0 Å². The van der Waals surface area contributed by atoms with E-state index in [1.807, 2.05) is 0 Å². The smallest absolute Gasteiger partial charge is 0.194 e. The number of rotatable bonds is 1. The van der Waals surface area contributed by atoms with Crippen molar-refractivity contribution in [2.75, 3.05) is 0 Å². The lowest BCUT2D eigenvalue weighted by Gasteiger charge is -2.07. The van der Waals surface area contributed by atoms with Gasteiger partial charge in [0.2, 0.25) is 0 Å². The van der Waals surface area contributed by atoms with Gasteiger partial charge in [-0.05, 0) is 6.08 Å². The molecule has 0 aliphatic carbocycles. The molecule has 0 nitrogen and oxygen atoms in total. The van der Waals surface area contributed by atoms with Crippen LogP contribution in [-0.2, 0) is 0 Å². The Labute approximate surface area is 64.4 Å². The van der Waals surface area contributed by atoms with Gasteiger partial charge in [0.25, 0.3) is 0 Å². The van der Waals surface area contributed by atoms with Gasteiger partial charge in [-0.1, -0.05) is 11.6 Å². The Balaban J connectivity index is 4.11. The van der Waals surface area contributed by atoms with E-state index < -0.39 is 16.8 Å². The molecule has 0 radical (unpaired) electrons. The predicted molar refractivity (Wildman–Crippen MR) is 30.7 cm³/mol. The molecule has 0 aromatic rings. The number of alkyl halides is 4. The lowest BCUT2D eigenvalue weighted by atomic mass is 10.4. The molecule has 0 heterocycles. The van der Waals surface area contributed by atoms with Crippen molar-refractivity contribution in [3.8, 4) is 0 Å². The highest BCUT2D eigenvalue weighted by Crippen LogP contribution is 2.27. The van der Waals surface area contributed by atoms with Crippen LogP contribution in [0.2, 0.25) is 0 Å². The van der Waals surface area contributed by atoms with Gasteiger partial charge in [0.1, 0.15) is 0 Å². The Morgan fingerprint density at radius 3 is 1.90 bits per heavy atom. The second-order valence-corrected chi connectivity index (χ2v) is 2.23. The van der Waals surface area contributed by atoms with Crippen molar-refractivity contribution in [3.63, 3.8) is 0 Å². The highest BCUT2D eigenvalue weighted by atomic mass is 35.5. The minimum atomic E-state index is -4.65. The van der Waals surface area contributed by atoms with E-state index in [2.05, 4.69) is 23.2 Å². The molecule has 1 unspecified atom stereocenters. The number of halogens is 6. The van der Waals surface area contributed by atoms with E-state index in [4.69, 9.17) is 0 Å². The fraction of sp³-hybridized carbons (Fsp3) is 0.500. The summed E-state index contributed by atoms with van der Waals surface area (Å²) in [7, 11) is 0. The van der Waals surface area contributed by atoms with Crippen LogP contribution >= 0.6 is 23.2 Å². The van der Waals surface area contributed by atoms with Crippen LogP contribution in [0.15, 0.2) is 11.4 Å². The minimum absolute atomic E-state index is 0.0725. The molecule has 0 fully saturated rings. The molecule has 10 heavy (non-hydrogen) atoms. The van der Waals surface area contributed by atoms with E-state index in [-0.39, 0.29) is 6.08 Å². The Hall–Kier alpha value is 0.0400. The monoisotopic (exact) mass is 196 g/mol. The van der Waals surface area contributed by atoms with E-state index >= 15 is 0 Å². The Morgan fingerprint density at radius 2 is 1.80 bits per heavy atom. The van der Waals surface area contributed by atoms with Crippen molar-refractivity contribution in [3.05, 3.63) is 11.4 Å². The summed E-state index contributed by atoms with van der Waals surface area (Å²) in [6, 6.07) is 0. The zero-order valence-electron chi connectivity index (χ0n) is 4.42. The maximum Gasteiger partial charge on any atom is 0.408 e. The van der Waals surface area contributed by atoms with Gasteiger partial charge in [-0.25, -0.2) is 0 Å². The predicted octanol–water partition coefficient (Wildman–Crippen LogP) is 3.21. The SMILES string of the molecule is FC(Cl)=CC(Cl)C(F)(F)F. The van der Waals surface area contributed by atoms with Crippen molar-refractivity contribution in [2.45, 2.75) is 11.6 Å². The first-order chi connectivity index (χ1) is 4.34. The van der Waals surface area contributed by atoms with E-state index in [9.17, 15) is 17.6 Å². The molecular weight excluding hydrogens is 195 g/mol. The van der Waals surface area contributed by atoms with Crippen LogP contribution in [0.1, 0.15) is 0 Å². The molecule has 0 saturated heterocycles. The van der Waals surface area contributed by atoms with Crippen LogP contribution in [0.3, 0.4) is 0 Å². The molecule has 6 heteroatoms. The molecule has 0 saturated carbocycles. The standard InChI is InChI=1S/C4H2Cl2F4/c5-2(1-3(6)7)4(8,9)10/h1-2H. The first-order valence-corrected chi connectivity index (χ1v) is 2.89. The fourth-order valence-corrected chi connectivity index (χ4v) is 0.506. The van der Waals surface area contributed by atoms with Crippen LogP contribution in [0.4, 0.5) is 17.6 Å². The van der Waals surface area contributed by atoms with Crippen molar-refractivity contribution in [2.24, 2.45) is 0 Å². The zero-order valence-corrected chi connectivity index (χ0v) is 5.93. The molecule has 0 aliphatic rings. The van der Waals surface area contributed by atoms with Gasteiger partial charge in [-0.2, -0.15) is 17.6 Å². The average Bonchev–Trinajstić information content (AvgIpc) is 1.60. The molecular formula is C4H2Cl2F4. The molecule has 0 amide bonds. The Morgan fingerprint density at radius 1 is 1.40 bits per heavy atom. The summed E-state index contributed by atoms with van der Waals surface area (Å²) in [5.74, 6) is 0. The maximum absolute atomic E-state index is 11.5. The van der Waals surface area contributed by atoms with Gasteiger partial charge >= 0.3 is 6.18 Å². The fourth-order valence-electron chi connectivity index (χ4n) is 0.205. The van der Waals surface area contributed by atoms with Gasteiger partial charge in [0.15, 0.2) is 10.7 Å². The third-order valence-corrected chi connectivity index (χ3v) is 1.08. The highest BCUT2D eigenvalue weighted by molar-refractivity contribution is 6.29. The molecule has 0 aromatic carbocycles. The molecule has 0 N–H and O–H groups in total. The molecule has 0 spiro atoms. The minimum Gasteiger partial charge on any atom is -0.194 e. The molecule has 60 valence electrons. The zero-order chi connectivity index (χ0) is 8.36. The number of hydrogen-bond donors (Lipinski definition) is 0. The summed E-state index contributed by atoms with van der Waals surface area (Å²) in [5.41, 5.74) is 0. The van der Waals surface area contributed by atoms with E-state index in [1.165, 1.54) is 0 Å². The third-order valence-electron chi connectivity index (χ3n) is 0.585. The summed E-state index contributed by atoms with van der Waals surface area (Å²) in [5, 5.41) is -3.82. The summed E-state index contributed by atoms with van der Waals surface area (Å²) in [4.78, 5) is 0. The first-order valence-electron chi connectivity index (χ1n) is 2.07. The Bertz CT molecular complexity index is 135. The normalized spacial score (nSPS) is 17.2. The van der Waals surface area contributed by atoms with E-state index in [0.29, 0.717) is 0 Å². The summed E-state index contributed by atoms with van der Waals surface area (Å²) >= 11 is 9.11. The van der Waals surface area contributed by atoms with Crippen LogP contribution in [0.25, 0.3) is 0 Å². The summed E-state index contributed by atoms with van der Waals surface area (Å²) < 4.78 is 45.7. The molecule has 0 rings (SSSR count). The second kappa shape index (κ2) is 3.44. The van der Waals surface area contributed by atoms with Gasteiger partial charge in [-0.15, -0.1) is 11.6 Å². The van der Waals surface area contributed by atoms with Gasteiger partial charge in [-0.3, -0.25) is 0 Å². The molecule has 0 aliphatic heterocycles. The number of hydrogen-bond acceptors (Lipinski definition) is 0. The van der Waals surface area contributed by atoms with Crippen molar-refractivity contribution < 1.29 is 17.6 Å². The maximum atomic E-state index is 11.5. The van der Waals surface area contributed by atoms with Crippen LogP contribution < -0.4 is 0 Å². The summed E-state index contributed by atoms with van der Waals surface area (Å²) in [6.07, 6.45) is -4.57. The quantitative estimate of drug-likeness (QED) is 0.447. The van der Waals surface area contributed by atoms with Crippen LogP contribution in [0.5, 0.6) is 0 Å². The molecule has 0 bridgehead atoms. The Kier molecular flexibility index (Phi) is 3.45. The summed E-state index contributed by atoms with van der Waals surface area (Å²) in [6.45, 7) is 0. The molecule has 1 atom stereocenters. The highest BCUT2D eigenvalue weighted by Gasteiger charge is 2.36. The van der Waals surface area contributed by atoms with Gasteiger partial charge < -0.3 is 0 Å². The number of allylic oxidation sites excluding steroid dienone is 1. The largest absolute Gasteiger partial charge is 0.408 e. The van der Waals surface area contributed by atoms with Crippen molar-refractivity contribution in [1.29, 1.82) is 0 Å². The molecule has 0 aromatic heterocycles. The van der Waals surface area contributed by atoms with Crippen LogP contribution in [-0.4, -0.2) is 11.6 Å². The second-order valence-electron chi connectivity index (χ2n) is 1.40. The van der Waals surface area contributed by atoms with E-state index in [1.54, 1.807) is 0 Å². The average molecular weight is 197 g/mol. The van der Waals surface area contributed by atoms with Gasteiger partial charge in [0, 0.05) is 0 Å². The van der Waals surface area contributed by atoms with E-state index in [0.717, 1.165) is 0 Å². The topological polar surface area (TPSA) is 0 Å². The lowest BCUT2D eigenvalue weighted by molar-refractivity contribution is -0.121. The van der Waals surface area contributed by atoms with Crippen LogP contribution in [0, 0.1) is 0 Å². The van der Waals surface area contributed by atoms with Crippen molar-refractivity contribution >= 4 is 23.2 Å². The first kappa shape index (κ1) is 10.0. The lowest BCUT2D eigenvalue weighted by Crippen LogP contribution is -2.20.